The van der Waals surface area contributed by atoms with E-state index in [1.54, 1.807) is 12.2 Å². The number of carbonyl (C=O) groups excluding carboxylic acids is 2. The Bertz CT molecular complexity index is 900. The average molecular weight is 445 g/mol. The lowest BCUT2D eigenvalue weighted by molar-refractivity contribution is -0.156. The first-order valence-corrected chi connectivity index (χ1v) is 11.0. The van der Waals surface area contributed by atoms with Crippen molar-refractivity contribution >= 4 is 11.9 Å². The van der Waals surface area contributed by atoms with Crippen molar-refractivity contribution in [3.05, 3.63) is 120 Å². The molecule has 0 radical (unpaired) electrons. The predicted octanol–water partition coefficient (Wildman–Crippen LogP) is 6.21. The standard InChI is InChI=1S/C29H32O4/c1-5-22(3)7-9-24-11-15-26(16-12-24)20-32-28(30)19-29(31)33-21-27-17-13-25(14-18-27)10-8-23(4)6-2/h5-6,11-18H,1-4,7-10,19-21H2. The molecule has 0 aliphatic rings. The summed E-state index contributed by atoms with van der Waals surface area (Å²) in [6.45, 7) is 15.5. The van der Waals surface area contributed by atoms with Gasteiger partial charge in [-0.05, 0) is 47.9 Å². The lowest BCUT2D eigenvalue weighted by atomic mass is 10.0. The third-order valence-electron chi connectivity index (χ3n) is 5.18. The van der Waals surface area contributed by atoms with Crippen LogP contribution in [0.15, 0.2) is 98.1 Å². The van der Waals surface area contributed by atoms with Crippen molar-refractivity contribution in [3.63, 3.8) is 0 Å². The normalized spacial score (nSPS) is 10.2. The maximum atomic E-state index is 12.0. The fourth-order valence-electron chi connectivity index (χ4n) is 2.97. The van der Waals surface area contributed by atoms with Crippen LogP contribution in [0.25, 0.3) is 0 Å². The van der Waals surface area contributed by atoms with E-state index in [1.165, 1.54) is 11.1 Å². The molecule has 0 saturated carbocycles. The molecular weight excluding hydrogens is 412 g/mol. The summed E-state index contributed by atoms with van der Waals surface area (Å²) in [4.78, 5) is 23.9. The topological polar surface area (TPSA) is 52.6 Å². The van der Waals surface area contributed by atoms with Crippen molar-refractivity contribution in [1.82, 2.24) is 0 Å². The van der Waals surface area contributed by atoms with Gasteiger partial charge in [0, 0.05) is 0 Å². The van der Waals surface area contributed by atoms with Crippen molar-refractivity contribution in [3.8, 4) is 0 Å². The van der Waals surface area contributed by atoms with Crippen molar-refractivity contribution < 1.29 is 19.1 Å². The van der Waals surface area contributed by atoms with E-state index in [0.29, 0.717) is 0 Å². The molecule has 0 amide bonds. The van der Waals surface area contributed by atoms with E-state index in [-0.39, 0.29) is 13.2 Å². The van der Waals surface area contributed by atoms with Gasteiger partial charge >= 0.3 is 11.9 Å². The molecule has 0 N–H and O–H groups in total. The Labute approximate surface area is 196 Å². The second-order valence-corrected chi connectivity index (χ2v) is 7.86. The zero-order valence-corrected chi connectivity index (χ0v) is 19.2. The Hall–Kier alpha value is -3.66. The fourth-order valence-corrected chi connectivity index (χ4v) is 2.97. The minimum atomic E-state index is -0.607. The zero-order chi connectivity index (χ0) is 24.1. The second kappa shape index (κ2) is 13.7. The number of esters is 2. The summed E-state index contributed by atoms with van der Waals surface area (Å²) in [7, 11) is 0. The molecule has 2 rings (SSSR count). The van der Waals surface area contributed by atoms with Gasteiger partial charge in [0.1, 0.15) is 19.6 Å². The van der Waals surface area contributed by atoms with Crippen LogP contribution < -0.4 is 0 Å². The average Bonchev–Trinajstić information content (AvgIpc) is 2.84. The molecule has 0 spiro atoms. The highest BCUT2D eigenvalue weighted by molar-refractivity contribution is 5.91. The summed E-state index contributed by atoms with van der Waals surface area (Å²) in [6.07, 6.45) is 6.59. The maximum Gasteiger partial charge on any atom is 0.317 e. The molecule has 0 aromatic heterocycles. The smallest absolute Gasteiger partial charge is 0.317 e. The van der Waals surface area contributed by atoms with Gasteiger partial charge in [0.25, 0.3) is 0 Å². The van der Waals surface area contributed by atoms with E-state index in [2.05, 4.69) is 26.3 Å². The molecule has 2 aromatic carbocycles. The van der Waals surface area contributed by atoms with Crippen LogP contribution in [0.1, 0.15) is 41.5 Å². The zero-order valence-electron chi connectivity index (χ0n) is 19.2. The summed E-state index contributed by atoms with van der Waals surface area (Å²) >= 11 is 0. The number of hydrogen-bond acceptors (Lipinski definition) is 4. The van der Waals surface area contributed by atoms with Gasteiger partial charge < -0.3 is 9.47 Å². The molecule has 172 valence electrons. The van der Waals surface area contributed by atoms with Crippen LogP contribution in [0.2, 0.25) is 0 Å². The second-order valence-electron chi connectivity index (χ2n) is 7.86. The van der Waals surface area contributed by atoms with Crippen LogP contribution in [-0.2, 0) is 45.1 Å². The maximum absolute atomic E-state index is 12.0. The predicted molar refractivity (Wildman–Crippen MR) is 132 cm³/mol. The number of rotatable bonds is 14. The fraction of sp³-hybridized carbons (Fsp3) is 0.241. The molecular formula is C29H32O4. The Morgan fingerprint density at radius 1 is 0.636 bits per heavy atom. The van der Waals surface area contributed by atoms with Gasteiger partial charge in [0.15, 0.2) is 0 Å². The Kier molecular flexibility index (Phi) is 10.6. The number of benzene rings is 2. The van der Waals surface area contributed by atoms with Crippen LogP contribution in [0.3, 0.4) is 0 Å². The lowest BCUT2D eigenvalue weighted by Gasteiger charge is -2.08. The molecule has 0 unspecified atom stereocenters. The molecule has 0 heterocycles. The molecule has 0 fully saturated rings. The van der Waals surface area contributed by atoms with Crippen LogP contribution in [0.5, 0.6) is 0 Å². The first-order chi connectivity index (χ1) is 15.9. The van der Waals surface area contributed by atoms with Crippen LogP contribution in [-0.4, -0.2) is 11.9 Å². The molecule has 33 heavy (non-hydrogen) atoms. The van der Waals surface area contributed by atoms with Crippen molar-refractivity contribution in [1.29, 1.82) is 0 Å². The Morgan fingerprint density at radius 3 is 1.30 bits per heavy atom. The molecule has 0 atom stereocenters. The highest BCUT2D eigenvalue weighted by Gasteiger charge is 2.12. The summed E-state index contributed by atoms with van der Waals surface area (Å²) in [5.41, 5.74) is 6.07. The highest BCUT2D eigenvalue weighted by atomic mass is 16.6. The SMILES string of the molecule is C=CC(=C)CCc1ccc(COC(=O)CC(=O)OCc2ccc(CCC(=C)C=C)cc2)cc1. The third-order valence-corrected chi connectivity index (χ3v) is 5.18. The molecule has 0 saturated heterocycles. The van der Waals surface area contributed by atoms with Crippen LogP contribution in [0.4, 0.5) is 0 Å². The first kappa shape index (κ1) is 25.6. The van der Waals surface area contributed by atoms with Gasteiger partial charge in [-0.15, -0.1) is 0 Å². The Balaban J connectivity index is 1.68. The quantitative estimate of drug-likeness (QED) is 0.197. The molecule has 0 aliphatic carbocycles. The summed E-state index contributed by atoms with van der Waals surface area (Å²) in [6, 6.07) is 15.6. The van der Waals surface area contributed by atoms with Gasteiger partial charge in [-0.25, -0.2) is 0 Å². The van der Waals surface area contributed by atoms with Crippen LogP contribution in [0, 0.1) is 0 Å². The van der Waals surface area contributed by atoms with E-state index in [0.717, 1.165) is 48.0 Å². The van der Waals surface area contributed by atoms with E-state index < -0.39 is 18.4 Å². The monoisotopic (exact) mass is 444 g/mol. The van der Waals surface area contributed by atoms with Crippen molar-refractivity contribution in [2.75, 3.05) is 0 Å². The van der Waals surface area contributed by atoms with E-state index in [1.807, 2.05) is 48.5 Å². The van der Waals surface area contributed by atoms with Crippen molar-refractivity contribution in [2.24, 2.45) is 0 Å². The highest BCUT2D eigenvalue weighted by Crippen LogP contribution is 2.13. The van der Waals surface area contributed by atoms with E-state index >= 15 is 0 Å². The van der Waals surface area contributed by atoms with Crippen LogP contribution >= 0.6 is 0 Å². The number of hydrogen-bond donors (Lipinski definition) is 0. The molecule has 0 aliphatic heterocycles. The third kappa shape index (κ3) is 10.0. The van der Waals surface area contributed by atoms with Gasteiger partial charge in [-0.1, -0.05) is 98.1 Å². The molecule has 4 nitrogen and oxygen atoms in total. The van der Waals surface area contributed by atoms with E-state index in [9.17, 15) is 9.59 Å². The summed E-state index contributed by atoms with van der Waals surface area (Å²) < 4.78 is 10.4. The number of carbonyl (C=O) groups is 2. The van der Waals surface area contributed by atoms with Crippen molar-refractivity contribution in [2.45, 2.75) is 45.3 Å². The molecule has 0 bridgehead atoms. The summed E-state index contributed by atoms with van der Waals surface area (Å²) in [5, 5.41) is 0. The first-order valence-electron chi connectivity index (χ1n) is 11.0. The van der Waals surface area contributed by atoms with Gasteiger partial charge in [-0.3, -0.25) is 9.59 Å². The van der Waals surface area contributed by atoms with Gasteiger partial charge in [0.05, 0.1) is 0 Å². The number of ether oxygens (including phenoxy) is 2. The van der Waals surface area contributed by atoms with Gasteiger partial charge in [-0.2, -0.15) is 0 Å². The number of aryl methyl sites for hydroxylation is 2. The lowest BCUT2D eigenvalue weighted by Crippen LogP contribution is -2.14. The van der Waals surface area contributed by atoms with Gasteiger partial charge in [0.2, 0.25) is 0 Å². The number of allylic oxidation sites excluding steroid dienone is 4. The summed E-state index contributed by atoms with van der Waals surface area (Å²) in [5.74, 6) is -1.21. The molecule has 2 aromatic rings. The van der Waals surface area contributed by atoms with E-state index in [4.69, 9.17) is 9.47 Å². The molecule has 4 heteroatoms. The minimum Gasteiger partial charge on any atom is -0.460 e. The largest absolute Gasteiger partial charge is 0.460 e. The Morgan fingerprint density at radius 2 is 0.970 bits per heavy atom. The minimum absolute atomic E-state index is 0.117.